The molecule has 0 saturated heterocycles. The minimum Gasteiger partial charge on any atom is -0.485 e. The van der Waals surface area contributed by atoms with Crippen molar-refractivity contribution in [2.45, 2.75) is 32.4 Å². The van der Waals surface area contributed by atoms with Crippen LogP contribution in [0.3, 0.4) is 0 Å². The Morgan fingerprint density at radius 1 is 1.40 bits per heavy atom. The molecule has 0 amide bonds. The van der Waals surface area contributed by atoms with Gasteiger partial charge in [-0.05, 0) is 51.8 Å². The molecule has 1 aromatic carbocycles. The Morgan fingerprint density at radius 3 is 2.85 bits per heavy atom. The van der Waals surface area contributed by atoms with Crippen molar-refractivity contribution in [1.29, 1.82) is 0 Å². The fourth-order valence-corrected chi connectivity index (χ4v) is 3.25. The summed E-state index contributed by atoms with van der Waals surface area (Å²) < 4.78 is 20.6. The molecule has 2 N–H and O–H groups in total. The highest BCUT2D eigenvalue weighted by Crippen LogP contribution is 2.28. The lowest BCUT2D eigenvalue weighted by Gasteiger charge is -2.15. The van der Waals surface area contributed by atoms with E-state index in [0.717, 1.165) is 21.3 Å². The second-order valence-electron chi connectivity index (χ2n) is 4.58. The Labute approximate surface area is 130 Å². The van der Waals surface area contributed by atoms with Gasteiger partial charge in [-0.3, -0.25) is 0 Å². The van der Waals surface area contributed by atoms with Crippen molar-refractivity contribution in [2.24, 2.45) is 5.73 Å². The van der Waals surface area contributed by atoms with Gasteiger partial charge in [0.2, 0.25) is 0 Å². The molecule has 0 spiro atoms. The van der Waals surface area contributed by atoms with Crippen molar-refractivity contribution < 1.29 is 9.13 Å². The first-order valence-corrected chi connectivity index (χ1v) is 8.16. The average molecular weight is 358 g/mol. The van der Waals surface area contributed by atoms with Crippen LogP contribution >= 0.6 is 27.3 Å². The third-order valence-electron chi connectivity index (χ3n) is 3.09. The van der Waals surface area contributed by atoms with E-state index in [2.05, 4.69) is 15.9 Å². The molecule has 0 aliphatic carbocycles. The zero-order chi connectivity index (χ0) is 14.5. The third-order valence-corrected chi connectivity index (χ3v) is 4.99. The molecule has 108 valence electrons. The van der Waals surface area contributed by atoms with E-state index in [0.29, 0.717) is 18.8 Å². The average Bonchev–Trinajstić information content (AvgIpc) is 2.83. The summed E-state index contributed by atoms with van der Waals surface area (Å²) in [6.07, 6.45) is 1.47. The number of rotatable bonds is 6. The number of nitrogens with two attached hydrogens (primary N) is 1. The first-order chi connectivity index (χ1) is 9.61. The first kappa shape index (κ1) is 15.5. The lowest BCUT2D eigenvalue weighted by atomic mass is 10.0. The molecule has 1 aromatic heterocycles. The Hall–Kier alpha value is -0.910. The van der Waals surface area contributed by atoms with Crippen LogP contribution in [-0.4, -0.2) is 6.04 Å². The van der Waals surface area contributed by atoms with Crippen molar-refractivity contribution in [3.05, 3.63) is 50.4 Å². The molecule has 5 heteroatoms. The van der Waals surface area contributed by atoms with E-state index in [4.69, 9.17) is 10.5 Å². The number of hydrogen-bond donors (Lipinski definition) is 1. The van der Waals surface area contributed by atoms with E-state index < -0.39 is 0 Å². The van der Waals surface area contributed by atoms with Gasteiger partial charge in [0.25, 0.3) is 0 Å². The summed E-state index contributed by atoms with van der Waals surface area (Å²) in [5.41, 5.74) is 6.78. The highest BCUT2D eigenvalue weighted by Gasteiger charge is 2.13. The van der Waals surface area contributed by atoms with E-state index in [9.17, 15) is 4.39 Å². The maximum absolute atomic E-state index is 14.0. The van der Waals surface area contributed by atoms with Crippen molar-refractivity contribution in [3.63, 3.8) is 0 Å². The fraction of sp³-hybridized carbons (Fsp3) is 0.333. The smallest absolute Gasteiger partial charge is 0.165 e. The number of para-hydroxylation sites is 1. The Kier molecular flexibility index (Phi) is 5.57. The van der Waals surface area contributed by atoms with Gasteiger partial charge in [-0.1, -0.05) is 19.1 Å². The summed E-state index contributed by atoms with van der Waals surface area (Å²) in [7, 11) is 0. The number of hydrogen-bond acceptors (Lipinski definition) is 3. The van der Waals surface area contributed by atoms with Crippen LogP contribution in [0.25, 0.3) is 0 Å². The second-order valence-corrected chi connectivity index (χ2v) is 6.44. The number of halogens is 2. The van der Waals surface area contributed by atoms with Gasteiger partial charge in [-0.15, -0.1) is 11.3 Å². The third kappa shape index (κ3) is 3.81. The molecule has 2 nitrogen and oxygen atoms in total. The molecular formula is C15H17BrFNOS. The van der Waals surface area contributed by atoms with Crippen molar-refractivity contribution in [2.75, 3.05) is 0 Å². The molecule has 0 aliphatic heterocycles. The minimum absolute atomic E-state index is 0.0209. The zero-order valence-corrected chi connectivity index (χ0v) is 13.6. The van der Waals surface area contributed by atoms with Crippen LogP contribution in [0.2, 0.25) is 0 Å². The first-order valence-electron chi connectivity index (χ1n) is 6.49. The molecule has 0 bridgehead atoms. The highest BCUT2D eigenvalue weighted by molar-refractivity contribution is 9.10. The van der Waals surface area contributed by atoms with Crippen LogP contribution in [0.5, 0.6) is 5.75 Å². The van der Waals surface area contributed by atoms with Gasteiger partial charge in [0.1, 0.15) is 6.61 Å². The largest absolute Gasteiger partial charge is 0.485 e. The maximum atomic E-state index is 14.0. The van der Waals surface area contributed by atoms with E-state index in [1.165, 1.54) is 6.07 Å². The molecule has 0 fully saturated rings. The van der Waals surface area contributed by atoms with Gasteiger partial charge >= 0.3 is 0 Å². The van der Waals surface area contributed by atoms with Gasteiger partial charge in [-0.25, -0.2) is 4.39 Å². The van der Waals surface area contributed by atoms with Crippen LogP contribution in [0.15, 0.2) is 34.1 Å². The van der Waals surface area contributed by atoms with Crippen LogP contribution in [-0.2, 0) is 13.0 Å². The number of thiophene rings is 1. The molecule has 2 rings (SSSR count). The normalized spacial score (nSPS) is 12.4. The lowest BCUT2D eigenvalue weighted by molar-refractivity contribution is 0.288. The van der Waals surface area contributed by atoms with E-state index in [1.807, 2.05) is 24.4 Å². The van der Waals surface area contributed by atoms with E-state index in [1.54, 1.807) is 17.4 Å². The standard InChI is InChI=1S/C15H17BrFNOS/c1-2-11(18)8-10-4-3-5-13(17)15(10)19-9-14-12(16)6-7-20-14/h3-7,11H,2,8-9,18H2,1H3. The topological polar surface area (TPSA) is 35.2 Å². The quantitative estimate of drug-likeness (QED) is 0.825. The van der Waals surface area contributed by atoms with Crippen LogP contribution in [0.4, 0.5) is 4.39 Å². The van der Waals surface area contributed by atoms with Crippen molar-refractivity contribution in [3.8, 4) is 5.75 Å². The van der Waals surface area contributed by atoms with Gasteiger partial charge < -0.3 is 10.5 Å². The van der Waals surface area contributed by atoms with E-state index in [-0.39, 0.29) is 11.9 Å². The van der Waals surface area contributed by atoms with Gasteiger partial charge in [0.15, 0.2) is 11.6 Å². The minimum atomic E-state index is -0.335. The highest BCUT2D eigenvalue weighted by atomic mass is 79.9. The summed E-state index contributed by atoms with van der Waals surface area (Å²) >= 11 is 5.02. The molecule has 1 atom stereocenters. The molecule has 0 aliphatic rings. The zero-order valence-electron chi connectivity index (χ0n) is 11.2. The molecule has 1 unspecified atom stereocenters. The number of ether oxygens (including phenoxy) is 1. The van der Waals surface area contributed by atoms with E-state index >= 15 is 0 Å². The molecule has 0 saturated carbocycles. The monoisotopic (exact) mass is 357 g/mol. The Bertz CT molecular complexity index is 573. The predicted octanol–water partition coefficient (Wildman–Crippen LogP) is 4.51. The summed E-state index contributed by atoms with van der Waals surface area (Å²) in [5, 5.41) is 1.97. The van der Waals surface area contributed by atoms with Gasteiger partial charge in [-0.2, -0.15) is 0 Å². The summed E-state index contributed by atoms with van der Waals surface area (Å²) in [6, 6.07) is 6.96. The predicted molar refractivity (Wildman–Crippen MR) is 84.7 cm³/mol. The van der Waals surface area contributed by atoms with Crippen LogP contribution in [0.1, 0.15) is 23.8 Å². The van der Waals surface area contributed by atoms with Gasteiger partial charge in [0, 0.05) is 10.5 Å². The van der Waals surface area contributed by atoms with Crippen molar-refractivity contribution in [1.82, 2.24) is 0 Å². The van der Waals surface area contributed by atoms with Crippen molar-refractivity contribution >= 4 is 27.3 Å². The summed E-state index contributed by atoms with van der Waals surface area (Å²) in [4.78, 5) is 1.04. The van der Waals surface area contributed by atoms with Gasteiger partial charge in [0.05, 0.1) is 4.88 Å². The molecular weight excluding hydrogens is 341 g/mol. The molecule has 1 heterocycles. The Balaban J connectivity index is 2.15. The Morgan fingerprint density at radius 2 is 2.20 bits per heavy atom. The number of benzene rings is 1. The molecule has 0 radical (unpaired) electrons. The second kappa shape index (κ2) is 7.20. The molecule has 2 aromatic rings. The SMILES string of the molecule is CCC(N)Cc1cccc(F)c1OCc1sccc1Br. The fourth-order valence-electron chi connectivity index (χ4n) is 1.87. The molecule has 20 heavy (non-hydrogen) atoms. The summed E-state index contributed by atoms with van der Waals surface area (Å²) in [6.45, 7) is 2.38. The summed E-state index contributed by atoms with van der Waals surface area (Å²) in [5.74, 6) is -0.0184. The van der Waals surface area contributed by atoms with Crippen LogP contribution in [0, 0.1) is 5.82 Å². The maximum Gasteiger partial charge on any atom is 0.165 e. The lowest BCUT2D eigenvalue weighted by Crippen LogP contribution is -2.22. The van der Waals surface area contributed by atoms with Crippen LogP contribution < -0.4 is 10.5 Å².